The highest BCUT2D eigenvalue weighted by atomic mass is 16.6. The normalized spacial score (nSPS) is 31.3. The highest BCUT2D eigenvalue weighted by molar-refractivity contribution is 5.68. The van der Waals surface area contributed by atoms with Crippen LogP contribution in [0, 0.1) is 17.8 Å². The van der Waals surface area contributed by atoms with Gasteiger partial charge in [0.25, 0.3) is 0 Å². The van der Waals surface area contributed by atoms with Gasteiger partial charge in [-0.3, -0.25) is 0 Å². The zero-order valence-corrected chi connectivity index (χ0v) is 15.9. The Hall–Kier alpha value is -0.770. The number of carbonyl (C=O) groups is 1. The number of likely N-dealkylation sites (tertiary alicyclic amines) is 1. The molecule has 138 valence electrons. The molecule has 3 fully saturated rings. The fraction of sp³-hybridized carbons (Fsp3) is 0.950. The molecule has 1 amide bonds. The third kappa shape index (κ3) is 5.37. The highest BCUT2D eigenvalue weighted by Gasteiger charge is 2.39. The number of amides is 1. The molecule has 1 heterocycles. The molecule has 2 unspecified atom stereocenters. The molecule has 0 aromatic rings. The second-order valence-corrected chi connectivity index (χ2v) is 9.33. The van der Waals surface area contributed by atoms with Gasteiger partial charge in [-0.25, -0.2) is 4.79 Å². The van der Waals surface area contributed by atoms with Gasteiger partial charge in [0, 0.05) is 19.1 Å². The molecule has 3 atom stereocenters. The summed E-state index contributed by atoms with van der Waals surface area (Å²) in [7, 11) is 0. The van der Waals surface area contributed by atoms with Crippen LogP contribution in [0.3, 0.4) is 0 Å². The molecule has 4 heteroatoms. The van der Waals surface area contributed by atoms with Gasteiger partial charge in [-0.1, -0.05) is 32.1 Å². The van der Waals surface area contributed by atoms with E-state index in [0.29, 0.717) is 5.92 Å². The maximum atomic E-state index is 12.1. The van der Waals surface area contributed by atoms with Crippen LogP contribution >= 0.6 is 0 Å². The van der Waals surface area contributed by atoms with Crippen LogP contribution in [-0.4, -0.2) is 42.3 Å². The summed E-state index contributed by atoms with van der Waals surface area (Å²) in [6, 6.07) is 0.752. The van der Waals surface area contributed by atoms with Gasteiger partial charge in [0.2, 0.25) is 0 Å². The number of hydrogen-bond acceptors (Lipinski definition) is 3. The van der Waals surface area contributed by atoms with Gasteiger partial charge in [-0.05, 0) is 64.3 Å². The maximum absolute atomic E-state index is 12.1. The first-order valence-corrected chi connectivity index (χ1v) is 10.1. The minimum Gasteiger partial charge on any atom is -0.444 e. The number of nitrogens with one attached hydrogen (secondary N) is 1. The van der Waals surface area contributed by atoms with E-state index >= 15 is 0 Å². The second-order valence-electron chi connectivity index (χ2n) is 9.33. The molecule has 3 rings (SSSR count). The Morgan fingerprint density at radius 3 is 2.58 bits per heavy atom. The number of ether oxygens (including phenoxy) is 1. The summed E-state index contributed by atoms with van der Waals surface area (Å²) in [4.78, 5) is 14.0. The van der Waals surface area contributed by atoms with Crippen LogP contribution in [0.1, 0.15) is 72.1 Å². The summed E-state index contributed by atoms with van der Waals surface area (Å²) >= 11 is 0. The first kappa shape index (κ1) is 18.0. The molecule has 0 aromatic heterocycles. The van der Waals surface area contributed by atoms with Crippen molar-refractivity contribution in [3.63, 3.8) is 0 Å². The van der Waals surface area contributed by atoms with Crippen LogP contribution in [0.15, 0.2) is 0 Å². The van der Waals surface area contributed by atoms with Crippen molar-refractivity contribution in [2.24, 2.45) is 17.8 Å². The van der Waals surface area contributed by atoms with Crippen molar-refractivity contribution < 1.29 is 9.53 Å². The highest BCUT2D eigenvalue weighted by Crippen LogP contribution is 2.40. The standard InChI is InChI=1S/C20H36N2O2/c1-20(2,3)24-19(23)22-10-9-16(14-22)13-21-18-12-17(18)11-15-7-5-4-6-8-15/h15-18,21H,4-14H2,1-3H3/t16-,17?,18?/m1/s1. The van der Waals surface area contributed by atoms with Crippen molar-refractivity contribution in [1.82, 2.24) is 10.2 Å². The minimum absolute atomic E-state index is 0.147. The molecular formula is C20H36N2O2. The van der Waals surface area contributed by atoms with Crippen molar-refractivity contribution in [2.75, 3.05) is 19.6 Å². The molecule has 24 heavy (non-hydrogen) atoms. The molecule has 2 saturated carbocycles. The van der Waals surface area contributed by atoms with E-state index in [-0.39, 0.29) is 6.09 Å². The van der Waals surface area contributed by atoms with E-state index in [2.05, 4.69) is 5.32 Å². The lowest BCUT2D eigenvalue weighted by molar-refractivity contribution is 0.0288. The predicted molar refractivity (Wildman–Crippen MR) is 97.0 cm³/mol. The van der Waals surface area contributed by atoms with Gasteiger partial charge >= 0.3 is 6.09 Å². The van der Waals surface area contributed by atoms with Crippen molar-refractivity contribution in [1.29, 1.82) is 0 Å². The minimum atomic E-state index is -0.395. The van der Waals surface area contributed by atoms with Crippen molar-refractivity contribution in [2.45, 2.75) is 83.8 Å². The average molecular weight is 337 g/mol. The lowest BCUT2D eigenvalue weighted by Gasteiger charge is -2.24. The van der Waals surface area contributed by atoms with Crippen LogP contribution in [0.2, 0.25) is 0 Å². The van der Waals surface area contributed by atoms with Crippen molar-refractivity contribution in [3.05, 3.63) is 0 Å². The summed E-state index contributed by atoms with van der Waals surface area (Å²) in [6.45, 7) is 8.54. The number of hydrogen-bond donors (Lipinski definition) is 1. The summed E-state index contributed by atoms with van der Waals surface area (Å²) in [5.74, 6) is 2.52. The second kappa shape index (κ2) is 7.63. The number of nitrogens with zero attached hydrogens (tertiary/aromatic N) is 1. The van der Waals surface area contributed by atoms with E-state index < -0.39 is 5.60 Å². The van der Waals surface area contributed by atoms with Crippen LogP contribution in [-0.2, 0) is 4.74 Å². The predicted octanol–water partition coefficient (Wildman–Crippen LogP) is 4.19. The van der Waals surface area contributed by atoms with Crippen LogP contribution in [0.5, 0.6) is 0 Å². The Balaban J connectivity index is 1.30. The van der Waals surface area contributed by atoms with Crippen LogP contribution in [0.4, 0.5) is 4.79 Å². The van der Waals surface area contributed by atoms with Gasteiger partial charge in [0.1, 0.15) is 5.60 Å². The third-order valence-corrected chi connectivity index (χ3v) is 5.89. The van der Waals surface area contributed by atoms with Gasteiger partial charge < -0.3 is 15.0 Å². The van der Waals surface area contributed by atoms with Crippen molar-refractivity contribution in [3.8, 4) is 0 Å². The van der Waals surface area contributed by atoms with Gasteiger partial charge in [0.05, 0.1) is 0 Å². The zero-order valence-electron chi connectivity index (χ0n) is 15.9. The smallest absolute Gasteiger partial charge is 0.410 e. The lowest BCUT2D eigenvalue weighted by Crippen LogP contribution is -2.36. The molecule has 2 aliphatic carbocycles. The maximum Gasteiger partial charge on any atom is 0.410 e. The van der Waals surface area contributed by atoms with E-state index in [1.165, 1.54) is 44.9 Å². The van der Waals surface area contributed by atoms with Gasteiger partial charge in [-0.2, -0.15) is 0 Å². The van der Waals surface area contributed by atoms with Crippen molar-refractivity contribution >= 4 is 6.09 Å². The number of carbonyl (C=O) groups excluding carboxylic acids is 1. The van der Waals surface area contributed by atoms with Crippen LogP contribution < -0.4 is 5.32 Å². The largest absolute Gasteiger partial charge is 0.444 e. The Bertz CT molecular complexity index is 426. The van der Waals surface area contributed by atoms with E-state index in [0.717, 1.165) is 43.9 Å². The molecule has 0 radical (unpaired) electrons. The van der Waals surface area contributed by atoms with E-state index in [1.807, 2.05) is 25.7 Å². The number of rotatable bonds is 5. The summed E-state index contributed by atoms with van der Waals surface area (Å²) < 4.78 is 5.48. The molecule has 1 aliphatic heterocycles. The first-order chi connectivity index (χ1) is 11.4. The van der Waals surface area contributed by atoms with Crippen LogP contribution in [0.25, 0.3) is 0 Å². The molecule has 1 N–H and O–H groups in total. The third-order valence-electron chi connectivity index (χ3n) is 5.89. The quantitative estimate of drug-likeness (QED) is 0.818. The first-order valence-electron chi connectivity index (χ1n) is 10.1. The lowest BCUT2D eigenvalue weighted by atomic mass is 9.85. The molecule has 0 bridgehead atoms. The SMILES string of the molecule is CC(C)(C)OC(=O)N1CC[C@H](CNC2CC2CC2CCCCC2)C1. The molecule has 1 saturated heterocycles. The fourth-order valence-corrected chi connectivity index (χ4v) is 4.42. The molecule has 3 aliphatic rings. The fourth-order valence-electron chi connectivity index (χ4n) is 4.42. The monoisotopic (exact) mass is 336 g/mol. The van der Waals surface area contributed by atoms with E-state index in [1.54, 1.807) is 0 Å². The van der Waals surface area contributed by atoms with E-state index in [4.69, 9.17) is 4.74 Å². The molecule has 0 spiro atoms. The summed E-state index contributed by atoms with van der Waals surface area (Å²) in [5.41, 5.74) is -0.395. The molecular weight excluding hydrogens is 300 g/mol. The zero-order chi connectivity index (χ0) is 17.2. The van der Waals surface area contributed by atoms with Gasteiger partial charge in [-0.15, -0.1) is 0 Å². The Kier molecular flexibility index (Phi) is 5.74. The molecule has 0 aromatic carbocycles. The summed E-state index contributed by atoms with van der Waals surface area (Å²) in [5, 5.41) is 3.77. The average Bonchev–Trinajstić information content (AvgIpc) is 3.07. The summed E-state index contributed by atoms with van der Waals surface area (Å²) in [6.07, 6.45) is 11.1. The topological polar surface area (TPSA) is 41.6 Å². The molecule has 4 nitrogen and oxygen atoms in total. The van der Waals surface area contributed by atoms with Gasteiger partial charge in [0.15, 0.2) is 0 Å². The Morgan fingerprint density at radius 1 is 1.12 bits per heavy atom. The Morgan fingerprint density at radius 2 is 1.88 bits per heavy atom. The Labute approximate surface area is 147 Å². The van der Waals surface area contributed by atoms with E-state index in [9.17, 15) is 4.79 Å².